The zero-order valence-electron chi connectivity index (χ0n) is 30.4. The molecule has 0 saturated carbocycles. The first-order valence-corrected chi connectivity index (χ1v) is 18.8. The summed E-state index contributed by atoms with van der Waals surface area (Å²) in [6.45, 7) is 0. The van der Waals surface area contributed by atoms with E-state index in [1.807, 2.05) is 79.0 Å². The molecule has 0 aliphatic rings. The van der Waals surface area contributed by atoms with E-state index in [1.165, 1.54) is 27.1 Å². The van der Waals surface area contributed by atoms with Crippen molar-refractivity contribution in [3.8, 4) is 78.8 Å². The third-order valence-corrected chi connectivity index (χ3v) is 10.3. The quantitative estimate of drug-likeness (QED) is 0.154. The van der Waals surface area contributed by atoms with Gasteiger partial charge in [0.05, 0.1) is 5.69 Å². The van der Waals surface area contributed by atoms with Gasteiger partial charge in [0.1, 0.15) is 0 Å². The van der Waals surface area contributed by atoms with Crippen LogP contribution in [0.15, 0.2) is 206 Å². The maximum absolute atomic E-state index is 5.14. The first-order valence-electron chi connectivity index (χ1n) is 18.8. The second-order valence-electron chi connectivity index (χ2n) is 13.9. The highest BCUT2D eigenvalue weighted by Crippen LogP contribution is 2.40. The van der Waals surface area contributed by atoms with Crippen molar-refractivity contribution in [1.29, 1.82) is 0 Å². The monoisotopic (exact) mass is 714 g/mol. The maximum Gasteiger partial charge on any atom is 0.164 e. The summed E-state index contributed by atoms with van der Waals surface area (Å²) in [5.41, 5.74) is 11.3. The normalized spacial score (nSPS) is 11.2. The van der Waals surface area contributed by atoms with E-state index in [9.17, 15) is 0 Å². The van der Waals surface area contributed by atoms with Gasteiger partial charge in [-0.15, -0.1) is 0 Å². The molecular weight excluding hydrogens is 681 g/mol. The Hall–Kier alpha value is -7.56. The van der Waals surface area contributed by atoms with Crippen LogP contribution in [0.5, 0.6) is 0 Å². The van der Waals surface area contributed by atoms with Crippen molar-refractivity contribution in [3.63, 3.8) is 0 Å². The Morgan fingerprint density at radius 1 is 0.268 bits per heavy atom. The molecule has 56 heavy (non-hydrogen) atoms. The molecule has 0 fully saturated rings. The smallest absolute Gasteiger partial charge is 0.164 e. The Morgan fingerprint density at radius 3 is 1.46 bits per heavy atom. The van der Waals surface area contributed by atoms with Crippen LogP contribution in [0.1, 0.15) is 0 Å². The van der Waals surface area contributed by atoms with Crippen LogP contribution < -0.4 is 0 Å². The summed E-state index contributed by atoms with van der Waals surface area (Å²) >= 11 is 0. The third-order valence-electron chi connectivity index (χ3n) is 10.3. The number of rotatable bonds is 7. The molecular formula is C52H34N4. The van der Waals surface area contributed by atoms with Gasteiger partial charge in [0.25, 0.3) is 0 Å². The molecule has 0 atom stereocenters. The zero-order chi connectivity index (χ0) is 37.3. The average Bonchev–Trinajstić information content (AvgIpc) is 3.29. The van der Waals surface area contributed by atoms with Gasteiger partial charge in [-0.3, -0.25) is 4.98 Å². The van der Waals surface area contributed by atoms with Crippen LogP contribution in [0.2, 0.25) is 0 Å². The Kier molecular flexibility index (Phi) is 8.47. The molecule has 10 aromatic rings. The minimum Gasteiger partial charge on any atom is -0.256 e. The average molecular weight is 715 g/mol. The second kappa shape index (κ2) is 14.3. The number of nitrogens with zero attached hydrogens (tertiary/aromatic N) is 4. The van der Waals surface area contributed by atoms with Crippen LogP contribution in [0.3, 0.4) is 0 Å². The molecule has 0 saturated heterocycles. The van der Waals surface area contributed by atoms with Gasteiger partial charge in [-0.2, -0.15) is 0 Å². The van der Waals surface area contributed by atoms with Gasteiger partial charge < -0.3 is 0 Å². The minimum atomic E-state index is 0.600. The third kappa shape index (κ3) is 6.29. The lowest BCUT2D eigenvalue weighted by Crippen LogP contribution is -2.00. The molecule has 262 valence electrons. The first-order chi connectivity index (χ1) is 27.7. The Balaban J connectivity index is 1.20. The Bertz CT molecular complexity index is 2960. The fraction of sp³-hybridized carbons (Fsp3) is 0. The summed E-state index contributed by atoms with van der Waals surface area (Å²) in [6, 6.07) is 69.9. The van der Waals surface area contributed by atoms with E-state index in [1.54, 1.807) is 0 Å². The molecule has 0 spiro atoms. The number of hydrogen-bond acceptors (Lipinski definition) is 4. The Morgan fingerprint density at radius 2 is 0.768 bits per heavy atom. The fourth-order valence-electron chi connectivity index (χ4n) is 7.64. The molecule has 0 unspecified atom stereocenters. The molecule has 0 bridgehead atoms. The predicted octanol–water partition coefficient (Wildman–Crippen LogP) is 13.2. The molecule has 0 amide bonds. The molecule has 10 rings (SSSR count). The number of pyridine rings is 1. The molecule has 0 aliphatic heterocycles. The van der Waals surface area contributed by atoms with Gasteiger partial charge >= 0.3 is 0 Å². The maximum atomic E-state index is 5.14. The van der Waals surface area contributed by atoms with Crippen molar-refractivity contribution in [1.82, 2.24) is 19.9 Å². The van der Waals surface area contributed by atoms with E-state index in [2.05, 4.69) is 127 Å². The molecule has 2 aromatic heterocycles. The lowest BCUT2D eigenvalue weighted by Gasteiger charge is -2.15. The van der Waals surface area contributed by atoms with Crippen LogP contribution >= 0.6 is 0 Å². The van der Waals surface area contributed by atoms with Crippen molar-refractivity contribution in [3.05, 3.63) is 206 Å². The minimum absolute atomic E-state index is 0.600. The molecule has 0 N–H and O–H groups in total. The first kappa shape index (κ1) is 33.0. The number of benzene rings is 8. The van der Waals surface area contributed by atoms with E-state index in [0.717, 1.165) is 55.8 Å². The molecule has 0 aliphatic carbocycles. The van der Waals surface area contributed by atoms with E-state index >= 15 is 0 Å². The highest BCUT2D eigenvalue weighted by Gasteiger charge is 2.17. The molecule has 8 aromatic carbocycles. The van der Waals surface area contributed by atoms with Crippen molar-refractivity contribution >= 4 is 21.5 Å². The second-order valence-corrected chi connectivity index (χ2v) is 13.9. The summed E-state index contributed by atoms with van der Waals surface area (Å²) < 4.78 is 0. The van der Waals surface area contributed by atoms with Gasteiger partial charge in [0.15, 0.2) is 17.5 Å². The lowest BCUT2D eigenvalue weighted by molar-refractivity contribution is 1.07. The summed E-state index contributed by atoms with van der Waals surface area (Å²) in [7, 11) is 0. The summed E-state index contributed by atoms with van der Waals surface area (Å²) in [4.78, 5) is 20.2. The van der Waals surface area contributed by atoms with E-state index in [4.69, 9.17) is 19.9 Å². The van der Waals surface area contributed by atoms with Gasteiger partial charge in [-0.1, -0.05) is 164 Å². The van der Waals surface area contributed by atoms with Crippen molar-refractivity contribution in [2.24, 2.45) is 0 Å². The molecule has 4 heteroatoms. The predicted molar refractivity (Wildman–Crippen MR) is 231 cm³/mol. The highest BCUT2D eigenvalue weighted by atomic mass is 15.0. The lowest BCUT2D eigenvalue weighted by atomic mass is 9.90. The van der Waals surface area contributed by atoms with Crippen LogP contribution in [0.4, 0.5) is 0 Å². The topological polar surface area (TPSA) is 51.6 Å². The standard InChI is InChI=1S/C52H34N4/c1-4-16-35(17-5-1)49-45(28-15-29-53-49)42-31-41(38-23-14-24-39(30-38)48-34-40-22-10-11-25-44(40)46-26-12-13-27-47(46)48)32-43(33-42)52-55-50(36-18-6-2-7-19-36)54-51(56-52)37-20-8-3-9-21-37/h1-34H. The highest BCUT2D eigenvalue weighted by molar-refractivity contribution is 6.13. The number of aromatic nitrogens is 4. The summed E-state index contributed by atoms with van der Waals surface area (Å²) in [6.07, 6.45) is 1.86. The van der Waals surface area contributed by atoms with Crippen molar-refractivity contribution < 1.29 is 0 Å². The molecule has 0 radical (unpaired) electrons. The van der Waals surface area contributed by atoms with Crippen LogP contribution in [0, 0.1) is 0 Å². The summed E-state index contributed by atoms with van der Waals surface area (Å²) in [5.74, 6) is 1.85. The largest absolute Gasteiger partial charge is 0.256 e. The number of hydrogen-bond donors (Lipinski definition) is 0. The van der Waals surface area contributed by atoms with Gasteiger partial charge in [0, 0.05) is 34.0 Å². The van der Waals surface area contributed by atoms with E-state index in [0.29, 0.717) is 17.5 Å². The van der Waals surface area contributed by atoms with Crippen molar-refractivity contribution in [2.45, 2.75) is 0 Å². The zero-order valence-corrected chi connectivity index (χ0v) is 30.4. The molecule has 2 heterocycles. The molecule has 4 nitrogen and oxygen atoms in total. The van der Waals surface area contributed by atoms with Crippen LogP contribution in [0.25, 0.3) is 100 Å². The van der Waals surface area contributed by atoms with Crippen LogP contribution in [-0.4, -0.2) is 19.9 Å². The Labute approximate surface area is 325 Å². The van der Waals surface area contributed by atoms with Gasteiger partial charge in [-0.25, -0.2) is 15.0 Å². The van der Waals surface area contributed by atoms with Crippen LogP contribution in [-0.2, 0) is 0 Å². The SMILES string of the molecule is c1ccc(-c2nc(-c3ccccc3)nc(-c3cc(-c4cccc(-c5cc6ccccc6c6ccccc56)c4)cc(-c4cccnc4-c4ccccc4)c3)n2)cc1. The van der Waals surface area contributed by atoms with E-state index in [-0.39, 0.29) is 0 Å². The number of fused-ring (bicyclic) bond motifs is 3. The summed E-state index contributed by atoms with van der Waals surface area (Å²) in [5, 5.41) is 4.96. The van der Waals surface area contributed by atoms with Gasteiger partial charge in [0.2, 0.25) is 0 Å². The fourth-order valence-corrected chi connectivity index (χ4v) is 7.64. The van der Waals surface area contributed by atoms with E-state index < -0.39 is 0 Å². The van der Waals surface area contributed by atoms with Crippen molar-refractivity contribution in [2.75, 3.05) is 0 Å². The van der Waals surface area contributed by atoms with Gasteiger partial charge in [-0.05, 0) is 85.8 Å².